The van der Waals surface area contributed by atoms with Crippen molar-refractivity contribution in [1.82, 2.24) is 9.78 Å². The van der Waals surface area contributed by atoms with Crippen LogP contribution in [0.2, 0.25) is 0 Å². The van der Waals surface area contributed by atoms with Crippen LogP contribution in [0, 0.1) is 21.8 Å². The van der Waals surface area contributed by atoms with Crippen LogP contribution in [0.15, 0.2) is 6.20 Å². The van der Waals surface area contributed by atoms with Crippen LogP contribution >= 0.6 is 33.9 Å². The van der Waals surface area contributed by atoms with Crippen LogP contribution in [0.5, 0.6) is 0 Å². The molecule has 0 atom stereocenters. The minimum Gasteiger partial charge on any atom is -0.317 e. The summed E-state index contributed by atoms with van der Waals surface area (Å²) in [7, 11) is 0. The molecule has 0 unspecified atom stereocenters. The number of aryl methyl sites for hydroxylation is 3. The van der Waals surface area contributed by atoms with Gasteiger partial charge in [-0.05, 0) is 54.3 Å². The molecular formula is C15H15IN4OS. The monoisotopic (exact) mass is 426 g/mol. The Bertz CT molecular complexity index is 752. The maximum atomic E-state index is 12.1. The summed E-state index contributed by atoms with van der Waals surface area (Å²) in [5.74, 6) is -0.0698. The lowest BCUT2D eigenvalue weighted by Gasteiger charge is -2.04. The van der Waals surface area contributed by atoms with Crippen LogP contribution in [0.25, 0.3) is 0 Å². The Morgan fingerprint density at radius 3 is 3.09 bits per heavy atom. The standard InChI is InChI=1S/C15H15IN4OS/c1-9-12(16)8-20(19-9)6-5-14(21)18-15-11(7-17)10-3-2-4-13(10)22-15/h8H,2-6H2,1H3,(H,18,21). The average molecular weight is 426 g/mol. The predicted octanol–water partition coefficient (Wildman–Crippen LogP) is 3.25. The molecule has 1 amide bonds. The van der Waals surface area contributed by atoms with Gasteiger partial charge >= 0.3 is 0 Å². The number of carbonyl (C=O) groups is 1. The van der Waals surface area contributed by atoms with Crippen molar-refractivity contribution in [2.75, 3.05) is 5.32 Å². The van der Waals surface area contributed by atoms with Gasteiger partial charge in [0.15, 0.2) is 0 Å². The molecule has 0 aliphatic heterocycles. The van der Waals surface area contributed by atoms with Gasteiger partial charge in [-0.3, -0.25) is 9.48 Å². The van der Waals surface area contributed by atoms with Crippen molar-refractivity contribution in [3.05, 3.63) is 31.5 Å². The van der Waals surface area contributed by atoms with Crippen LogP contribution in [-0.4, -0.2) is 15.7 Å². The first-order valence-electron chi connectivity index (χ1n) is 7.12. The van der Waals surface area contributed by atoms with Crippen LogP contribution in [0.4, 0.5) is 5.00 Å². The molecule has 0 saturated carbocycles. The fourth-order valence-electron chi connectivity index (χ4n) is 2.62. The molecule has 5 nitrogen and oxygen atoms in total. The first kappa shape index (κ1) is 15.5. The zero-order valence-corrected chi connectivity index (χ0v) is 15.1. The minimum absolute atomic E-state index is 0.0698. The van der Waals surface area contributed by atoms with E-state index in [0.29, 0.717) is 23.5 Å². The van der Waals surface area contributed by atoms with E-state index in [1.54, 1.807) is 16.0 Å². The number of nitrogens with one attached hydrogen (secondary N) is 1. The second kappa shape index (κ2) is 6.38. The molecule has 3 rings (SSSR count). The molecule has 2 aromatic heterocycles. The SMILES string of the molecule is Cc1nn(CCC(=O)Nc2sc3c(c2C#N)CCC3)cc1I. The summed E-state index contributed by atoms with van der Waals surface area (Å²) in [6.45, 7) is 2.49. The largest absolute Gasteiger partial charge is 0.317 e. The van der Waals surface area contributed by atoms with E-state index in [4.69, 9.17) is 0 Å². The second-order valence-electron chi connectivity index (χ2n) is 5.30. The molecule has 0 aromatic carbocycles. The van der Waals surface area contributed by atoms with Gasteiger partial charge in [0.25, 0.3) is 0 Å². The number of carbonyl (C=O) groups excluding carboxylic acids is 1. The molecule has 7 heteroatoms. The van der Waals surface area contributed by atoms with E-state index < -0.39 is 0 Å². The number of nitrogens with zero attached hydrogens (tertiary/aromatic N) is 3. The lowest BCUT2D eigenvalue weighted by atomic mass is 10.1. The van der Waals surface area contributed by atoms with E-state index in [-0.39, 0.29) is 5.91 Å². The molecule has 114 valence electrons. The molecule has 1 aliphatic carbocycles. The maximum Gasteiger partial charge on any atom is 0.226 e. The van der Waals surface area contributed by atoms with Crippen molar-refractivity contribution >= 4 is 44.8 Å². The van der Waals surface area contributed by atoms with Crippen LogP contribution in [0.3, 0.4) is 0 Å². The summed E-state index contributed by atoms with van der Waals surface area (Å²) < 4.78 is 2.88. The van der Waals surface area contributed by atoms with Gasteiger partial charge in [-0.15, -0.1) is 11.3 Å². The van der Waals surface area contributed by atoms with Gasteiger partial charge in [0.2, 0.25) is 5.91 Å². The van der Waals surface area contributed by atoms with Crippen LogP contribution in [0.1, 0.15) is 34.5 Å². The van der Waals surface area contributed by atoms with Crippen molar-refractivity contribution < 1.29 is 4.79 Å². The Kier molecular flexibility index (Phi) is 4.49. The van der Waals surface area contributed by atoms with Crippen molar-refractivity contribution in [1.29, 1.82) is 5.26 Å². The van der Waals surface area contributed by atoms with Crippen LogP contribution in [-0.2, 0) is 24.2 Å². The number of halogens is 1. The second-order valence-corrected chi connectivity index (χ2v) is 7.56. The Labute approximate surface area is 146 Å². The number of fused-ring (bicyclic) bond motifs is 1. The average Bonchev–Trinajstić information content (AvgIpc) is 3.12. The van der Waals surface area contributed by atoms with Crippen molar-refractivity contribution in [2.45, 2.75) is 39.2 Å². The Morgan fingerprint density at radius 1 is 1.59 bits per heavy atom. The molecule has 22 heavy (non-hydrogen) atoms. The van der Waals surface area contributed by atoms with Gasteiger partial charge in [-0.2, -0.15) is 10.4 Å². The fourth-order valence-corrected chi connectivity index (χ4v) is 4.31. The van der Waals surface area contributed by atoms with Gasteiger partial charge in [0.05, 0.1) is 14.8 Å². The molecule has 1 N–H and O–H groups in total. The maximum absolute atomic E-state index is 12.1. The summed E-state index contributed by atoms with van der Waals surface area (Å²) >= 11 is 3.78. The molecule has 0 spiro atoms. The number of thiophene rings is 1. The zero-order valence-electron chi connectivity index (χ0n) is 12.1. The number of aromatic nitrogens is 2. The summed E-state index contributed by atoms with van der Waals surface area (Å²) in [6.07, 6.45) is 5.38. The van der Waals surface area contributed by atoms with E-state index in [0.717, 1.165) is 34.1 Å². The van der Waals surface area contributed by atoms with Crippen molar-refractivity contribution in [3.63, 3.8) is 0 Å². The van der Waals surface area contributed by atoms with Gasteiger partial charge in [0.1, 0.15) is 11.1 Å². The zero-order chi connectivity index (χ0) is 15.7. The first-order valence-corrected chi connectivity index (χ1v) is 9.02. The fraction of sp³-hybridized carbons (Fsp3) is 0.400. The highest BCUT2D eigenvalue weighted by molar-refractivity contribution is 14.1. The Morgan fingerprint density at radius 2 is 2.41 bits per heavy atom. The van der Waals surface area contributed by atoms with E-state index in [1.807, 2.05) is 13.1 Å². The number of hydrogen-bond donors (Lipinski definition) is 1. The highest BCUT2D eigenvalue weighted by atomic mass is 127. The van der Waals surface area contributed by atoms with Crippen molar-refractivity contribution in [2.24, 2.45) is 0 Å². The Hall–Kier alpha value is -1.40. The summed E-state index contributed by atoms with van der Waals surface area (Å²) in [5.41, 5.74) is 2.78. The highest BCUT2D eigenvalue weighted by Gasteiger charge is 2.22. The van der Waals surface area contributed by atoms with Gasteiger partial charge < -0.3 is 5.32 Å². The lowest BCUT2D eigenvalue weighted by molar-refractivity contribution is -0.116. The molecule has 2 heterocycles. The quantitative estimate of drug-likeness (QED) is 0.764. The van der Waals surface area contributed by atoms with Gasteiger partial charge in [0, 0.05) is 24.0 Å². The number of rotatable bonds is 4. The summed E-state index contributed by atoms with van der Waals surface area (Å²) in [6, 6.07) is 2.24. The van der Waals surface area contributed by atoms with Crippen molar-refractivity contribution in [3.8, 4) is 6.07 Å². The smallest absolute Gasteiger partial charge is 0.226 e. The summed E-state index contributed by atoms with van der Waals surface area (Å²) in [5, 5.41) is 17.3. The highest BCUT2D eigenvalue weighted by Crippen LogP contribution is 2.38. The molecular weight excluding hydrogens is 411 g/mol. The normalized spacial score (nSPS) is 13.0. The van der Waals surface area contributed by atoms with E-state index in [9.17, 15) is 10.1 Å². The minimum atomic E-state index is -0.0698. The third-order valence-electron chi connectivity index (χ3n) is 3.74. The van der Waals surface area contributed by atoms with E-state index in [1.165, 1.54) is 4.88 Å². The number of nitriles is 1. The summed E-state index contributed by atoms with van der Waals surface area (Å²) in [4.78, 5) is 13.4. The third kappa shape index (κ3) is 3.03. The molecule has 2 aromatic rings. The predicted molar refractivity (Wildman–Crippen MR) is 94.0 cm³/mol. The first-order chi connectivity index (χ1) is 10.6. The molecule has 0 radical (unpaired) electrons. The topological polar surface area (TPSA) is 70.7 Å². The molecule has 1 aliphatic rings. The Balaban J connectivity index is 1.64. The number of hydrogen-bond acceptors (Lipinski definition) is 4. The molecule has 0 fully saturated rings. The number of anilines is 1. The third-order valence-corrected chi connectivity index (χ3v) is 6.01. The lowest BCUT2D eigenvalue weighted by Crippen LogP contribution is -2.14. The van der Waals surface area contributed by atoms with Gasteiger partial charge in [-0.1, -0.05) is 0 Å². The van der Waals surface area contributed by atoms with E-state index in [2.05, 4.69) is 39.1 Å². The van der Waals surface area contributed by atoms with Crippen LogP contribution < -0.4 is 5.32 Å². The molecule has 0 bridgehead atoms. The number of amides is 1. The van der Waals surface area contributed by atoms with E-state index >= 15 is 0 Å². The molecule has 0 saturated heterocycles. The van der Waals surface area contributed by atoms with Gasteiger partial charge in [-0.25, -0.2) is 0 Å².